The monoisotopic (exact) mass is 267 g/mol. The van der Waals surface area contributed by atoms with E-state index < -0.39 is 17.7 Å². The highest BCUT2D eigenvalue weighted by Gasteiger charge is 2.18. The van der Waals surface area contributed by atoms with Crippen LogP contribution in [0.5, 0.6) is 0 Å². The summed E-state index contributed by atoms with van der Waals surface area (Å²) >= 11 is 5.67. The summed E-state index contributed by atoms with van der Waals surface area (Å²) in [4.78, 5) is 0. The van der Waals surface area contributed by atoms with Crippen LogP contribution in [0, 0.1) is 18.6 Å². The lowest BCUT2D eigenvalue weighted by Crippen LogP contribution is -2.15. The van der Waals surface area contributed by atoms with Crippen molar-refractivity contribution >= 4 is 11.6 Å². The summed E-state index contributed by atoms with van der Waals surface area (Å²) in [6.45, 7) is 1.64. The number of hydrogen-bond acceptors (Lipinski definition) is 1. The maximum absolute atomic E-state index is 13.9. The fraction of sp³-hybridized carbons (Fsp3) is 0.143. The van der Waals surface area contributed by atoms with Crippen LogP contribution in [0.15, 0.2) is 36.4 Å². The lowest BCUT2D eigenvalue weighted by atomic mass is 9.97. The van der Waals surface area contributed by atoms with E-state index in [1.807, 2.05) is 0 Å². The summed E-state index contributed by atoms with van der Waals surface area (Å²) in [6.07, 6.45) is 0. The maximum Gasteiger partial charge on any atom is 0.131 e. The Morgan fingerprint density at radius 3 is 2.50 bits per heavy atom. The van der Waals surface area contributed by atoms with Gasteiger partial charge in [-0.3, -0.25) is 0 Å². The quantitative estimate of drug-likeness (QED) is 0.875. The third-order valence-corrected chi connectivity index (χ3v) is 3.09. The molecule has 0 fully saturated rings. The number of nitrogens with two attached hydrogens (primary N) is 1. The van der Waals surface area contributed by atoms with Gasteiger partial charge in [-0.15, -0.1) is 0 Å². The van der Waals surface area contributed by atoms with Gasteiger partial charge >= 0.3 is 0 Å². The Morgan fingerprint density at radius 1 is 1.11 bits per heavy atom. The van der Waals surface area contributed by atoms with Crippen LogP contribution in [0.1, 0.15) is 22.7 Å². The summed E-state index contributed by atoms with van der Waals surface area (Å²) < 4.78 is 27.7. The van der Waals surface area contributed by atoms with Crippen molar-refractivity contribution in [2.75, 3.05) is 0 Å². The van der Waals surface area contributed by atoms with Crippen molar-refractivity contribution in [2.45, 2.75) is 13.0 Å². The van der Waals surface area contributed by atoms with E-state index in [0.717, 1.165) is 0 Å². The lowest BCUT2D eigenvalue weighted by Gasteiger charge is -2.15. The van der Waals surface area contributed by atoms with Gasteiger partial charge in [0.15, 0.2) is 0 Å². The Balaban J connectivity index is 2.48. The van der Waals surface area contributed by atoms with Crippen LogP contribution in [0.25, 0.3) is 0 Å². The molecule has 2 aromatic carbocycles. The Hall–Kier alpha value is -1.45. The SMILES string of the molecule is Cc1cccc(C(N)c2ccc(Cl)cc2F)c1F. The number of rotatable bonds is 2. The zero-order valence-electron chi connectivity index (χ0n) is 9.75. The summed E-state index contributed by atoms with van der Waals surface area (Å²) in [5, 5.41) is 0.285. The third-order valence-electron chi connectivity index (χ3n) is 2.85. The lowest BCUT2D eigenvalue weighted by molar-refractivity contribution is 0.571. The Morgan fingerprint density at radius 2 is 1.83 bits per heavy atom. The first-order valence-corrected chi connectivity index (χ1v) is 5.84. The average Bonchev–Trinajstić information content (AvgIpc) is 2.32. The standard InChI is InChI=1S/C14H12ClF2N/c1-8-3-2-4-11(13(8)17)14(18)10-6-5-9(15)7-12(10)16/h2-7,14H,18H2,1H3. The molecule has 0 spiro atoms. The summed E-state index contributed by atoms with van der Waals surface area (Å²) in [5.74, 6) is -0.935. The molecule has 0 aliphatic rings. The van der Waals surface area contributed by atoms with Crippen LogP contribution in [0.2, 0.25) is 5.02 Å². The summed E-state index contributed by atoms with van der Waals surface area (Å²) in [7, 11) is 0. The molecule has 0 saturated carbocycles. The highest BCUT2D eigenvalue weighted by molar-refractivity contribution is 6.30. The van der Waals surface area contributed by atoms with Crippen molar-refractivity contribution < 1.29 is 8.78 Å². The van der Waals surface area contributed by atoms with E-state index in [1.165, 1.54) is 18.2 Å². The Labute approximate surface area is 109 Å². The highest BCUT2D eigenvalue weighted by Crippen LogP contribution is 2.27. The first-order chi connectivity index (χ1) is 8.50. The van der Waals surface area contributed by atoms with Crippen molar-refractivity contribution in [2.24, 2.45) is 5.73 Å². The van der Waals surface area contributed by atoms with Crippen LogP contribution < -0.4 is 5.73 Å². The van der Waals surface area contributed by atoms with Gasteiger partial charge in [0.2, 0.25) is 0 Å². The second-order valence-corrected chi connectivity index (χ2v) is 4.56. The molecular weight excluding hydrogens is 256 g/mol. The first kappa shape index (κ1) is 13.0. The van der Waals surface area contributed by atoms with Gasteiger partial charge in [0.25, 0.3) is 0 Å². The van der Waals surface area contributed by atoms with E-state index in [9.17, 15) is 8.78 Å². The van der Waals surface area contributed by atoms with Crippen LogP contribution in [0.4, 0.5) is 8.78 Å². The van der Waals surface area contributed by atoms with Gasteiger partial charge in [-0.1, -0.05) is 35.9 Å². The fourth-order valence-electron chi connectivity index (χ4n) is 1.83. The number of hydrogen-bond donors (Lipinski definition) is 1. The molecule has 0 amide bonds. The zero-order chi connectivity index (χ0) is 13.3. The number of benzene rings is 2. The van der Waals surface area contributed by atoms with Crippen molar-refractivity contribution in [3.63, 3.8) is 0 Å². The van der Waals surface area contributed by atoms with E-state index in [2.05, 4.69) is 0 Å². The van der Waals surface area contributed by atoms with Gasteiger partial charge in [-0.05, 0) is 24.6 Å². The molecule has 1 unspecified atom stereocenters. The molecule has 0 radical (unpaired) electrons. The second-order valence-electron chi connectivity index (χ2n) is 4.12. The molecular formula is C14H12ClF2N. The molecule has 94 valence electrons. The van der Waals surface area contributed by atoms with Crippen molar-refractivity contribution in [1.29, 1.82) is 0 Å². The van der Waals surface area contributed by atoms with Crippen molar-refractivity contribution in [1.82, 2.24) is 0 Å². The van der Waals surface area contributed by atoms with E-state index in [-0.39, 0.29) is 16.1 Å². The highest BCUT2D eigenvalue weighted by atomic mass is 35.5. The summed E-state index contributed by atoms with van der Waals surface area (Å²) in [6, 6.07) is 8.23. The molecule has 2 rings (SSSR count). The van der Waals surface area contributed by atoms with Gasteiger partial charge in [0.05, 0.1) is 6.04 Å². The van der Waals surface area contributed by atoms with Crippen molar-refractivity contribution in [3.8, 4) is 0 Å². The molecule has 0 saturated heterocycles. The molecule has 0 bridgehead atoms. The Bertz CT molecular complexity index is 584. The van der Waals surface area contributed by atoms with Gasteiger partial charge in [0.1, 0.15) is 11.6 Å². The average molecular weight is 268 g/mol. The molecule has 18 heavy (non-hydrogen) atoms. The fourth-order valence-corrected chi connectivity index (χ4v) is 1.99. The van der Waals surface area contributed by atoms with Gasteiger partial charge < -0.3 is 5.73 Å². The largest absolute Gasteiger partial charge is 0.320 e. The van der Waals surface area contributed by atoms with Crippen LogP contribution in [-0.2, 0) is 0 Å². The molecule has 1 atom stereocenters. The topological polar surface area (TPSA) is 26.0 Å². The maximum atomic E-state index is 13.9. The molecule has 4 heteroatoms. The summed E-state index contributed by atoms with van der Waals surface area (Å²) in [5.41, 5.74) is 6.90. The molecule has 0 heterocycles. The molecule has 0 aliphatic heterocycles. The molecule has 2 N–H and O–H groups in total. The predicted octanol–water partition coefficient (Wildman–Crippen LogP) is 3.97. The smallest absolute Gasteiger partial charge is 0.131 e. The predicted molar refractivity (Wildman–Crippen MR) is 68.6 cm³/mol. The minimum absolute atomic E-state index is 0.226. The van der Waals surface area contributed by atoms with Gasteiger partial charge in [-0.25, -0.2) is 8.78 Å². The van der Waals surface area contributed by atoms with Crippen LogP contribution >= 0.6 is 11.6 Å². The molecule has 2 aromatic rings. The van der Waals surface area contributed by atoms with E-state index in [4.69, 9.17) is 17.3 Å². The number of aryl methyl sites for hydroxylation is 1. The van der Waals surface area contributed by atoms with E-state index in [0.29, 0.717) is 5.56 Å². The van der Waals surface area contributed by atoms with E-state index >= 15 is 0 Å². The molecule has 1 nitrogen and oxygen atoms in total. The van der Waals surface area contributed by atoms with Gasteiger partial charge in [0, 0.05) is 16.1 Å². The second kappa shape index (κ2) is 5.04. The third kappa shape index (κ3) is 2.37. The molecule has 0 aromatic heterocycles. The Kier molecular flexibility index (Phi) is 3.64. The minimum atomic E-state index is -0.845. The van der Waals surface area contributed by atoms with Crippen LogP contribution in [0.3, 0.4) is 0 Å². The first-order valence-electron chi connectivity index (χ1n) is 5.46. The number of halogens is 3. The zero-order valence-corrected chi connectivity index (χ0v) is 10.5. The van der Waals surface area contributed by atoms with E-state index in [1.54, 1.807) is 25.1 Å². The van der Waals surface area contributed by atoms with Crippen molar-refractivity contribution in [3.05, 3.63) is 69.7 Å². The molecule has 0 aliphatic carbocycles. The normalized spacial score (nSPS) is 12.5. The van der Waals surface area contributed by atoms with Crippen LogP contribution in [-0.4, -0.2) is 0 Å². The van der Waals surface area contributed by atoms with Gasteiger partial charge in [-0.2, -0.15) is 0 Å². The minimum Gasteiger partial charge on any atom is -0.320 e.